The second kappa shape index (κ2) is 7.91. The van der Waals surface area contributed by atoms with Crippen LogP contribution in [-0.2, 0) is 0 Å². The van der Waals surface area contributed by atoms with E-state index in [1.54, 1.807) is 12.1 Å². The maximum absolute atomic E-state index is 10.6. The zero-order valence-corrected chi connectivity index (χ0v) is 12.8. The van der Waals surface area contributed by atoms with Gasteiger partial charge in [0.15, 0.2) is 0 Å². The molecule has 2 aromatic rings. The van der Waals surface area contributed by atoms with Crippen molar-refractivity contribution in [2.45, 2.75) is 0 Å². The van der Waals surface area contributed by atoms with Crippen LogP contribution < -0.4 is 15.2 Å². The van der Waals surface area contributed by atoms with Crippen molar-refractivity contribution < 1.29 is 14.4 Å². The van der Waals surface area contributed by atoms with E-state index < -0.39 is 4.92 Å². The van der Waals surface area contributed by atoms with E-state index in [0.29, 0.717) is 28.6 Å². The molecule has 0 atom stereocenters. The Morgan fingerprint density at radius 2 is 1.67 bits per heavy atom. The lowest BCUT2D eigenvalue weighted by molar-refractivity contribution is -0.384. The molecule has 0 aliphatic rings. The molecule has 124 valence electrons. The fourth-order valence-electron chi connectivity index (χ4n) is 1.86. The molecule has 0 fully saturated rings. The van der Waals surface area contributed by atoms with Crippen molar-refractivity contribution in [3.8, 4) is 11.5 Å². The molecule has 2 rings (SSSR count). The molecule has 0 bridgehead atoms. The van der Waals surface area contributed by atoms with Gasteiger partial charge in [-0.15, -0.1) is 5.11 Å². The maximum atomic E-state index is 10.6. The average molecular weight is 328 g/mol. The number of azo groups is 1. The first-order valence-electron chi connectivity index (χ1n) is 6.99. The number of rotatable bonds is 7. The number of nitro groups is 1. The first-order valence-corrected chi connectivity index (χ1v) is 6.99. The molecule has 0 aromatic heterocycles. The summed E-state index contributed by atoms with van der Waals surface area (Å²) >= 11 is 0. The predicted molar refractivity (Wildman–Crippen MR) is 89.8 cm³/mol. The third-order valence-electron chi connectivity index (χ3n) is 2.94. The number of anilines is 1. The zero-order chi connectivity index (χ0) is 17.5. The fourth-order valence-corrected chi connectivity index (χ4v) is 1.86. The Morgan fingerprint density at radius 1 is 1.04 bits per heavy atom. The number of nitrogens with zero attached hydrogens (tertiary/aromatic N) is 3. The standard InChI is InChI=1S/C16H16N4O4/c1-3-23-15-10-14(16(24-4-2)9-13(15)17)19-18-11-5-7-12(8-6-11)20(21)22/h5-10H,1-4,17H2. The van der Waals surface area contributed by atoms with Gasteiger partial charge in [-0.05, 0) is 26.0 Å². The summed E-state index contributed by atoms with van der Waals surface area (Å²) in [6.07, 6.45) is 0. The van der Waals surface area contributed by atoms with Crippen LogP contribution in [0.2, 0.25) is 0 Å². The van der Waals surface area contributed by atoms with Crippen LogP contribution in [0.5, 0.6) is 11.5 Å². The molecule has 0 spiro atoms. The molecule has 0 aliphatic heterocycles. The maximum Gasteiger partial charge on any atom is 0.269 e. The SMILES string of the molecule is [CH2]COc1cc(N=Nc2ccc([N+](=O)[O-])cc2)c(OC[CH2])cc1N. The first-order chi connectivity index (χ1) is 11.5. The topological polar surface area (TPSA) is 112 Å². The van der Waals surface area contributed by atoms with E-state index in [-0.39, 0.29) is 18.9 Å². The summed E-state index contributed by atoms with van der Waals surface area (Å²) in [7, 11) is 0. The molecule has 0 heterocycles. The van der Waals surface area contributed by atoms with Gasteiger partial charge in [-0.25, -0.2) is 0 Å². The van der Waals surface area contributed by atoms with Gasteiger partial charge in [-0.3, -0.25) is 10.1 Å². The number of hydrogen-bond donors (Lipinski definition) is 1. The Hall–Kier alpha value is -3.16. The molecule has 2 radical (unpaired) electrons. The average Bonchev–Trinajstić information content (AvgIpc) is 2.57. The quantitative estimate of drug-likeness (QED) is 0.357. The first kappa shape index (κ1) is 17.2. The van der Waals surface area contributed by atoms with E-state index >= 15 is 0 Å². The molecule has 24 heavy (non-hydrogen) atoms. The molecule has 0 saturated heterocycles. The number of hydrogen-bond acceptors (Lipinski definition) is 7. The molecule has 2 aromatic carbocycles. The second-order valence-electron chi connectivity index (χ2n) is 4.53. The number of benzene rings is 2. The molecular formula is C16H16N4O4. The minimum Gasteiger partial charge on any atom is -0.491 e. The van der Waals surface area contributed by atoms with Crippen molar-refractivity contribution in [3.05, 3.63) is 60.4 Å². The van der Waals surface area contributed by atoms with Gasteiger partial charge in [0, 0.05) is 24.3 Å². The van der Waals surface area contributed by atoms with Crippen LogP contribution >= 0.6 is 0 Å². The highest BCUT2D eigenvalue weighted by Crippen LogP contribution is 2.37. The van der Waals surface area contributed by atoms with Gasteiger partial charge in [-0.2, -0.15) is 5.11 Å². The van der Waals surface area contributed by atoms with E-state index in [0.717, 1.165) is 0 Å². The van der Waals surface area contributed by atoms with Crippen molar-refractivity contribution in [3.63, 3.8) is 0 Å². The van der Waals surface area contributed by atoms with E-state index in [9.17, 15) is 10.1 Å². The molecule has 2 N–H and O–H groups in total. The van der Waals surface area contributed by atoms with Crippen molar-refractivity contribution in [1.82, 2.24) is 0 Å². The molecule has 0 aliphatic carbocycles. The van der Waals surface area contributed by atoms with Gasteiger partial charge in [0.25, 0.3) is 5.69 Å². The summed E-state index contributed by atoms with van der Waals surface area (Å²) in [6.45, 7) is 7.61. The van der Waals surface area contributed by atoms with E-state index in [2.05, 4.69) is 24.1 Å². The van der Waals surface area contributed by atoms with Crippen molar-refractivity contribution in [2.24, 2.45) is 10.2 Å². The summed E-state index contributed by atoms with van der Waals surface area (Å²) in [5.41, 5.74) is 7.09. The lowest BCUT2D eigenvalue weighted by Crippen LogP contribution is -1.99. The Labute approximate surface area is 139 Å². The Kier molecular flexibility index (Phi) is 5.67. The number of non-ortho nitro benzene ring substituents is 1. The van der Waals surface area contributed by atoms with Gasteiger partial charge in [0.2, 0.25) is 0 Å². The van der Waals surface area contributed by atoms with Crippen molar-refractivity contribution in [1.29, 1.82) is 0 Å². The van der Waals surface area contributed by atoms with E-state index in [1.807, 2.05) is 0 Å². The molecule has 0 saturated carbocycles. The monoisotopic (exact) mass is 328 g/mol. The minimum absolute atomic E-state index is 0.0198. The predicted octanol–water partition coefficient (Wildman–Crippen LogP) is 4.02. The Morgan fingerprint density at radius 3 is 2.25 bits per heavy atom. The highest BCUT2D eigenvalue weighted by atomic mass is 16.6. The lowest BCUT2D eigenvalue weighted by Gasteiger charge is -2.11. The Bertz CT molecular complexity index is 744. The molecule has 8 nitrogen and oxygen atoms in total. The zero-order valence-electron chi connectivity index (χ0n) is 12.8. The third-order valence-corrected chi connectivity index (χ3v) is 2.94. The molecule has 0 unspecified atom stereocenters. The highest BCUT2D eigenvalue weighted by molar-refractivity contribution is 5.67. The minimum atomic E-state index is -0.483. The highest BCUT2D eigenvalue weighted by Gasteiger charge is 2.10. The number of ether oxygens (including phenoxy) is 2. The molecule has 8 heteroatoms. The van der Waals surface area contributed by atoms with Crippen LogP contribution in [0.15, 0.2) is 46.6 Å². The van der Waals surface area contributed by atoms with Crippen LogP contribution in [0, 0.1) is 24.0 Å². The molecular weight excluding hydrogens is 312 g/mol. The number of nitrogen functional groups attached to an aromatic ring is 1. The molecule has 0 amide bonds. The summed E-state index contributed by atoms with van der Waals surface area (Å²) in [5, 5.41) is 18.8. The van der Waals surface area contributed by atoms with Crippen LogP contribution in [0.4, 0.5) is 22.7 Å². The summed E-state index contributed by atoms with van der Waals surface area (Å²) in [6, 6.07) is 8.84. The summed E-state index contributed by atoms with van der Waals surface area (Å²) in [4.78, 5) is 10.2. The van der Waals surface area contributed by atoms with Gasteiger partial charge < -0.3 is 15.2 Å². The largest absolute Gasteiger partial charge is 0.491 e. The van der Waals surface area contributed by atoms with Gasteiger partial charge in [0.05, 0.1) is 29.5 Å². The van der Waals surface area contributed by atoms with Crippen LogP contribution in [-0.4, -0.2) is 18.1 Å². The van der Waals surface area contributed by atoms with E-state index in [4.69, 9.17) is 15.2 Å². The number of nitro benzene ring substituents is 1. The van der Waals surface area contributed by atoms with Crippen LogP contribution in [0.1, 0.15) is 0 Å². The van der Waals surface area contributed by atoms with Crippen LogP contribution in [0.3, 0.4) is 0 Å². The number of nitrogens with two attached hydrogens (primary N) is 1. The smallest absolute Gasteiger partial charge is 0.269 e. The van der Waals surface area contributed by atoms with E-state index in [1.165, 1.54) is 24.3 Å². The summed E-state index contributed by atoms with van der Waals surface area (Å²) in [5.74, 6) is 0.823. The normalized spacial score (nSPS) is 10.8. The van der Waals surface area contributed by atoms with Crippen LogP contribution in [0.25, 0.3) is 0 Å². The van der Waals surface area contributed by atoms with Gasteiger partial charge in [0.1, 0.15) is 17.2 Å². The van der Waals surface area contributed by atoms with Gasteiger partial charge >= 0.3 is 0 Å². The lowest BCUT2D eigenvalue weighted by atomic mass is 10.2. The van der Waals surface area contributed by atoms with Crippen molar-refractivity contribution >= 4 is 22.7 Å². The van der Waals surface area contributed by atoms with Crippen molar-refractivity contribution in [2.75, 3.05) is 18.9 Å². The Balaban J connectivity index is 2.31. The third kappa shape index (κ3) is 4.19. The summed E-state index contributed by atoms with van der Waals surface area (Å²) < 4.78 is 10.7. The fraction of sp³-hybridized carbons (Fsp3) is 0.125. The second-order valence-corrected chi connectivity index (χ2v) is 4.53. The van der Waals surface area contributed by atoms with Gasteiger partial charge in [-0.1, -0.05) is 0 Å².